The van der Waals surface area contributed by atoms with Crippen LogP contribution in [0.3, 0.4) is 0 Å². The first kappa shape index (κ1) is 16.9. The average Bonchev–Trinajstić information content (AvgIpc) is 2.97. The maximum absolute atomic E-state index is 13.0. The molecule has 5 nitrogen and oxygen atoms in total. The summed E-state index contributed by atoms with van der Waals surface area (Å²) in [5, 5.41) is 0. The number of nitrogens with zero attached hydrogens (tertiary/aromatic N) is 3. The minimum Gasteiger partial charge on any atom is -0.340 e. The lowest BCUT2D eigenvalue weighted by molar-refractivity contribution is -0.137. The van der Waals surface area contributed by atoms with Gasteiger partial charge >= 0.3 is 0 Å². The highest BCUT2D eigenvalue weighted by Crippen LogP contribution is 2.23. The van der Waals surface area contributed by atoms with Crippen LogP contribution in [-0.4, -0.2) is 65.8 Å². The molecule has 130 valence electrons. The van der Waals surface area contributed by atoms with E-state index in [2.05, 4.69) is 11.8 Å². The Kier molecular flexibility index (Phi) is 5.14. The largest absolute Gasteiger partial charge is 0.340 e. The van der Waals surface area contributed by atoms with Crippen molar-refractivity contribution in [3.8, 4) is 0 Å². The summed E-state index contributed by atoms with van der Waals surface area (Å²) in [6, 6.07) is 6.15. The predicted molar refractivity (Wildman–Crippen MR) is 88.6 cm³/mol. The van der Waals surface area contributed by atoms with Crippen molar-refractivity contribution in [1.29, 1.82) is 0 Å². The van der Waals surface area contributed by atoms with Gasteiger partial charge in [0.1, 0.15) is 5.82 Å². The van der Waals surface area contributed by atoms with Crippen LogP contribution in [-0.2, 0) is 16.1 Å². The average molecular weight is 333 g/mol. The molecule has 0 spiro atoms. The fourth-order valence-corrected chi connectivity index (χ4v) is 3.44. The molecule has 0 saturated carbocycles. The van der Waals surface area contributed by atoms with Crippen molar-refractivity contribution < 1.29 is 14.0 Å². The Morgan fingerprint density at radius 2 is 1.83 bits per heavy atom. The van der Waals surface area contributed by atoms with Crippen LogP contribution in [0.2, 0.25) is 0 Å². The van der Waals surface area contributed by atoms with E-state index < -0.39 is 0 Å². The summed E-state index contributed by atoms with van der Waals surface area (Å²) in [5.41, 5.74) is 0.884. The number of likely N-dealkylation sites (tertiary alicyclic amines) is 1. The molecule has 2 saturated heterocycles. The number of hydrogen-bond acceptors (Lipinski definition) is 3. The molecule has 2 aliphatic rings. The molecular weight excluding hydrogens is 309 g/mol. The Bertz CT molecular complexity index is 597. The fourth-order valence-electron chi connectivity index (χ4n) is 3.44. The molecule has 1 atom stereocenters. The van der Waals surface area contributed by atoms with Crippen molar-refractivity contribution in [2.45, 2.75) is 19.9 Å². The van der Waals surface area contributed by atoms with Gasteiger partial charge in [0.25, 0.3) is 0 Å². The summed E-state index contributed by atoms with van der Waals surface area (Å²) < 4.78 is 13.0. The third kappa shape index (κ3) is 3.75. The number of hydrogen-bond donors (Lipinski definition) is 0. The van der Waals surface area contributed by atoms with E-state index in [1.807, 2.05) is 4.90 Å². The van der Waals surface area contributed by atoms with E-state index in [9.17, 15) is 14.0 Å². The first-order valence-corrected chi connectivity index (χ1v) is 8.60. The normalized spacial score (nSPS) is 22.2. The van der Waals surface area contributed by atoms with Crippen molar-refractivity contribution in [2.75, 3.05) is 39.3 Å². The summed E-state index contributed by atoms with van der Waals surface area (Å²) in [6.45, 7) is 7.33. The van der Waals surface area contributed by atoms with Crippen LogP contribution in [0.1, 0.15) is 18.9 Å². The molecule has 1 aromatic carbocycles. The molecule has 0 N–H and O–H groups in total. The molecule has 0 radical (unpaired) electrons. The molecule has 0 aromatic heterocycles. The van der Waals surface area contributed by atoms with Gasteiger partial charge in [-0.3, -0.25) is 9.59 Å². The molecule has 0 bridgehead atoms. The van der Waals surface area contributed by atoms with E-state index in [1.165, 1.54) is 12.1 Å². The van der Waals surface area contributed by atoms with Crippen LogP contribution < -0.4 is 0 Å². The first-order valence-electron chi connectivity index (χ1n) is 8.60. The Morgan fingerprint density at radius 3 is 2.46 bits per heavy atom. The van der Waals surface area contributed by atoms with E-state index in [4.69, 9.17) is 0 Å². The third-order valence-corrected chi connectivity index (χ3v) is 4.98. The van der Waals surface area contributed by atoms with Crippen LogP contribution in [0.5, 0.6) is 0 Å². The Balaban J connectivity index is 1.56. The van der Waals surface area contributed by atoms with Gasteiger partial charge in [-0.05, 0) is 24.2 Å². The first-order chi connectivity index (χ1) is 11.6. The smallest absolute Gasteiger partial charge is 0.228 e. The zero-order valence-electron chi connectivity index (χ0n) is 14.1. The maximum Gasteiger partial charge on any atom is 0.228 e. The molecule has 24 heavy (non-hydrogen) atoms. The van der Waals surface area contributed by atoms with Gasteiger partial charge in [0.05, 0.1) is 5.92 Å². The maximum atomic E-state index is 13.0. The van der Waals surface area contributed by atoms with E-state index in [0.29, 0.717) is 13.1 Å². The standard InChI is InChI=1S/C18H24FN3O2/c1-2-20-7-9-21(10-8-20)18(24)15-11-17(23)22(13-15)12-14-3-5-16(19)6-4-14/h3-6,15H,2,7-13H2,1H3/t15-/m1/s1. The molecule has 1 aromatic rings. The van der Waals surface area contributed by atoms with Crippen LogP contribution in [0.15, 0.2) is 24.3 Å². The summed E-state index contributed by atoms with van der Waals surface area (Å²) in [4.78, 5) is 30.8. The molecule has 2 fully saturated rings. The second-order valence-corrected chi connectivity index (χ2v) is 6.56. The molecule has 6 heteroatoms. The van der Waals surface area contributed by atoms with Gasteiger partial charge in [-0.1, -0.05) is 19.1 Å². The van der Waals surface area contributed by atoms with Crippen molar-refractivity contribution >= 4 is 11.8 Å². The lowest BCUT2D eigenvalue weighted by Gasteiger charge is -2.35. The number of amides is 2. The molecule has 2 amide bonds. The fraction of sp³-hybridized carbons (Fsp3) is 0.556. The minimum absolute atomic E-state index is 0.00451. The molecule has 0 aliphatic carbocycles. The van der Waals surface area contributed by atoms with Crippen LogP contribution in [0.25, 0.3) is 0 Å². The Morgan fingerprint density at radius 1 is 1.17 bits per heavy atom. The van der Waals surface area contributed by atoms with Gasteiger partial charge in [-0.25, -0.2) is 4.39 Å². The summed E-state index contributed by atoms with van der Waals surface area (Å²) in [5.74, 6) is -0.428. The van der Waals surface area contributed by atoms with E-state index in [-0.39, 0.29) is 30.0 Å². The van der Waals surface area contributed by atoms with E-state index >= 15 is 0 Å². The van der Waals surface area contributed by atoms with E-state index in [0.717, 1.165) is 38.3 Å². The topological polar surface area (TPSA) is 43.9 Å². The molecule has 3 rings (SSSR count). The number of carbonyl (C=O) groups is 2. The van der Waals surface area contributed by atoms with Crippen molar-refractivity contribution in [3.63, 3.8) is 0 Å². The van der Waals surface area contributed by atoms with Crippen LogP contribution in [0.4, 0.5) is 4.39 Å². The quantitative estimate of drug-likeness (QED) is 0.835. The lowest BCUT2D eigenvalue weighted by Crippen LogP contribution is -2.50. The zero-order valence-corrected chi connectivity index (χ0v) is 14.1. The number of halogens is 1. The second kappa shape index (κ2) is 7.30. The highest BCUT2D eigenvalue weighted by atomic mass is 19.1. The van der Waals surface area contributed by atoms with Gasteiger partial charge in [0, 0.05) is 45.7 Å². The zero-order chi connectivity index (χ0) is 17.1. The minimum atomic E-state index is -0.286. The number of rotatable bonds is 4. The predicted octanol–water partition coefficient (Wildman–Crippen LogP) is 1.34. The van der Waals surface area contributed by atoms with Gasteiger partial charge in [-0.2, -0.15) is 0 Å². The SMILES string of the molecule is CCN1CCN(C(=O)[C@@H]2CC(=O)N(Cc3ccc(F)cc3)C2)CC1. The molecule has 2 aliphatic heterocycles. The van der Waals surface area contributed by atoms with Crippen molar-refractivity contribution in [3.05, 3.63) is 35.6 Å². The Hall–Kier alpha value is -1.95. The van der Waals surface area contributed by atoms with Gasteiger partial charge in [0.2, 0.25) is 11.8 Å². The number of piperazine rings is 1. The lowest BCUT2D eigenvalue weighted by atomic mass is 10.1. The molecule has 0 unspecified atom stereocenters. The summed E-state index contributed by atoms with van der Waals surface area (Å²) in [6.07, 6.45) is 0.286. The molecular formula is C18H24FN3O2. The van der Waals surface area contributed by atoms with Crippen molar-refractivity contribution in [2.24, 2.45) is 5.92 Å². The highest BCUT2D eigenvalue weighted by Gasteiger charge is 2.37. The highest BCUT2D eigenvalue weighted by molar-refractivity contribution is 5.89. The number of likely N-dealkylation sites (N-methyl/N-ethyl adjacent to an activating group) is 1. The van der Waals surface area contributed by atoms with Gasteiger partial charge in [0.15, 0.2) is 0 Å². The van der Waals surface area contributed by atoms with Gasteiger partial charge in [-0.15, -0.1) is 0 Å². The Labute approximate surface area is 142 Å². The summed E-state index contributed by atoms with van der Waals surface area (Å²) >= 11 is 0. The van der Waals surface area contributed by atoms with Crippen molar-refractivity contribution in [1.82, 2.24) is 14.7 Å². The third-order valence-electron chi connectivity index (χ3n) is 4.98. The van der Waals surface area contributed by atoms with Gasteiger partial charge < -0.3 is 14.7 Å². The number of benzene rings is 1. The van der Waals surface area contributed by atoms with Crippen LogP contribution in [0, 0.1) is 11.7 Å². The second-order valence-electron chi connectivity index (χ2n) is 6.56. The van der Waals surface area contributed by atoms with E-state index in [1.54, 1.807) is 17.0 Å². The van der Waals surface area contributed by atoms with Crippen LogP contribution >= 0.6 is 0 Å². The number of carbonyl (C=O) groups excluding carboxylic acids is 2. The molecule has 2 heterocycles. The monoisotopic (exact) mass is 333 g/mol. The summed E-state index contributed by atoms with van der Waals surface area (Å²) in [7, 11) is 0.